The summed E-state index contributed by atoms with van der Waals surface area (Å²) < 4.78 is 158. The third kappa shape index (κ3) is 23.6. The van der Waals surface area contributed by atoms with Gasteiger partial charge in [0.25, 0.3) is 0 Å². The zero-order valence-corrected chi connectivity index (χ0v) is 44.6. The molecule has 0 unspecified atom stereocenters. The Bertz CT molecular complexity index is 2450. The average molecular weight is 1110 g/mol. The molecular formula is C50H53Cl3F12Li2N8. The van der Waals surface area contributed by atoms with Crippen molar-refractivity contribution in [1.29, 1.82) is 0 Å². The average Bonchev–Trinajstić information content (AvgIpc) is 3.33. The smallest absolute Gasteiger partial charge is 0.472 e. The number of alkyl halides is 12. The van der Waals surface area contributed by atoms with Crippen LogP contribution in [0.3, 0.4) is 0 Å². The summed E-state index contributed by atoms with van der Waals surface area (Å²) in [5.74, 6) is -0.0890. The fourth-order valence-corrected chi connectivity index (χ4v) is 7.34. The van der Waals surface area contributed by atoms with E-state index in [9.17, 15) is 52.7 Å². The maximum absolute atomic E-state index is 13.4. The molecule has 1 N–H and O–H groups in total. The number of nitrogens with zero attached hydrogens (tertiary/aromatic N) is 7. The van der Waals surface area contributed by atoms with Crippen LogP contribution < -0.4 is 43.0 Å². The summed E-state index contributed by atoms with van der Waals surface area (Å²) in [7, 11) is 0. The van der Waals surface area contributed by atoms with Gasteiger partial charge < -0.3 is 27.4 Å². The monoisotopic (exact) mass is 1110 g/mol. The van der Waals surface area contributed by atoms with E-state index in [-0.39, 0.29) is 82.7 Å². The minimum Gasteiger partial charge on any atom is -0.472 e. The maximum Gasteiger partial charge on any atom is 1.00 e. The molecule has 0 aliphatic carbocycles. The number of amidine groups is 1. The van der Waals surface area contributed by atoms with Gasteiger partial charge in [0.2, 0.25) is 0 Å². The van der Waals surface area contributed by atoms with Gasteiger partial charge in [0.15, 0.2) is 0 Å². The Balaban J connectivity index is 0.000000569. The van der Waals surface area contributed by atoms with Crippen LogP contribution in [-0.2, 0) is 24.7 Å². The van der Waals surface area contributed by atoms with Gasteiger partial charge >= 0.3 is 62.4 Å². The third-order valence-electron chi connectivity index (χ3n) is 9.96. The molecule has 4 aromatic carbocycles. The van der Waals surface area contributed by atoms with Gasteiger partial charge in [-0.3, -0.25) is 9.98 Å². The molecule has 400 valence electrons. The Morgan fingerprint density at radius 3 is 1.36 bits per heavy atom. The molecule has 0 bridgehead atoms. The molecule has 0 saturated heterocycles. The molecule has 8 nitrogen and oxygen atoms in total. The van der Waals surface area contributed by atoms with Gasteiger partial charge in [-0.05, 0) is 111 Å². The number of aliphatic imine (C=N–C) groups is 5. The summed E-state index contributed by atoms with van der Waals surface area (Å²) >= 11 is 18.3. The van der Waals surface area contributed by atoms with Crippen molar-refractivity contribution in [3.05, 3.63) is 139 Å². The van der Waals surface area contributed by atoms with E-state index in [4.69, 9.17) is 34.8 Å². The molecule has 0 saturated carbocycles. The molecule has 3 heterocycles. The van der Waals surface area contributed by atoms with Crippen molar-refractivity contribution in [3.8, 4) is 0 Å². The van der Waals surface area contributed by atoms with Crippen LogP contribution in [0.15, 0.2) is 85.6 Å². The molecular weight excluding hydrogens is 1060 g/mol. The molecule has 7 rings (SSSR count). The quantitative estimate of drug-likeness (QED) is 0.0709. The van der Waals surface area contributed by atoms with Gasteiger partial charge in [0.1, 0.15) is 11.0 Å². The van der Waals surface area contributed by atoms with Crippen molar-refractivity contribution in [1.82, 2.24) is 10.2 Å². The second kappa shape index (κ2) is 31.9. The number of nitrogens with one attached hydrogen (secondary N) is 1. The van der Waals surface area contributed by atoms with E-state index in [1.54, 1.807) is 57.7 Å². The predicted octanol–water partition coefficient (Wildman–Crippen LogP) is 10.5. The zero-order chi connectivity index (χ0) is 54.7. The normalized spacial score (nSPS) is 14.6. The van der Waals surface area contributed by atoms with E-state index >= 15 is 0 Å². The van der Waals surface area contributed by atoms with Crippen LogP contribution in [0.25, 0.3) is 5.32 Å². The van der Waals surface area contributed by atoms with Gasteiger partial charge in [-0.15, -0.1) is 6.34 Å². The minimum absolute atomic E-state index is 0. The number of rotatable bonds is 5. The molecule has 0 radical (unpaired) electrons. The minimum atomic E-state index is -4.97. The van der Waals surface area contributed by atoms with Crippen LogP contribution >= 0.6 is 34.8 Å². The summed E-state index contributed by atoms with van der Waals surface area (Å²) in [5, 5.41) is 6.77. The molecule has 0 atom stereocenters. The Morgan fingerprint density at radius 2 is 1.07 bits per heavy atom. The van der Waals surface area contributed by atoms with Gasteiger partial charge in [-0.2, -0.15) is 59.1 Å². The number of unbranched alkanes of at least 4 members (excludes halogenated alkanes) is 1. The predicted molar refractivity (Wildman–Crippen MR) is 270 cm³/mol. The molecule has 0 aromatic heterocycles. The van der Waals surface area contributed by atoms with Crippen molar-refractivity contribution in [2.75, 3.05) is 39.3 Å². The van der Waals surface area contributed by atoms with E-state index in [2.05, 4.69) is 49.4 Å². The van der Waals surface area contributed by atoms with E-state index in [0.717, 1.165) is 50.1 Å². The molecule has 4 aromatic rings. The van der Waals surface area contributed by atoms with Crippen LogP contribution in [-0.4, -0.2) is 74.2 Å². The summed E-state index contributed by atoms with van der Waals surface area (Å²) in [4.78, 5) is 21.7. The van der Waals surface area contributed by atoms with Crippen molar-refractivity contribution >= 4 is 76.2 Å². The second-order valence-corrected chi connectivity index (χ2v) is 17.5. The molecule has 0 amide bonds. The van der Waals surface area contributed by atoms with Crippen molar-refractivity contribution < 1.29 is 90.4 Å². The van der Waals surface area contributed by atoms with Crippen LogP contribution in [0.2, 0.25) is 10.0 Å². The zero-order valence-electron chi connectivity index (χ0n) is 42.3. The summed E-state index contributed by atoms with van der Waals surface area (Å²) in [6, 6.07) is 9.14. The molecule has 0 spiro atoms. The van der Waals surface area contributed by atoms with E-state index in [0.29, 0.717) is 54.9 Å². The van der Waals surface area contributed by atoms with Gasteiger partial charge in [0, 0.05) is 37.3 Å². The first-order chi connectivity index (χ1) is 34.1. The topological polar surface area (TPSA) is 91.2 Å². The summed E-state index contributed by atoms with van der Waals surface area (Å²) in [6.45, 7) is 17.6. The van der Waals surface area contributed by atoms with Crippen molar-refractivity contribution in [2.45, 2.75) is 91.4 Å². The molecule has 3 aliphatic rings. The van der Waals surface area contributed by atoms with Crippen molar-refractivity contribution in [2.24, 2.45) is 25.0 Å². The number of hydrogen-bond acceptors (Lipinski definition) is 6. The molecule has 75 heavy (non-hydrogen) atoms. The fraction of sp³-hybridized carbons (Fsp3) is 0.400. The Hall–Kier alpha value is -4.15. The Labute approximate surface area is 468 Å². The molecule has 3 aliphatic heterocycles. The fourth-order valence-electron chi connectivity index (χ4n) is 6.42. The number of hydrogen-bond donors (Lipinski definition) is 1. The summed E-state index contributed by atoms with van der Waals surface area (Å²) in [6.07, 6.45) is -9.91. The van der Waals surface area contributed by atoms with Gasteiger partial charge in [-0.1, -0.05) is 79.8 Å². The van der Waals surface area contributed by atoms with Crippen LogP contribution in [0, 0.1) is 34.6 Å². The van der Waals surface area contributed by atoms with Crippen LogP contribution in [0.4, 0.5) is 64.1 Å². The third-order valence-corrected chi connectivity index (χ3v) is 10.8. The first kappa shape index (κ1) is 68.9. The molecule has 0 fully saturated rings. The number of halogens is 15. The first-order valence-electron chi connectivity index (χ1n) is 22.4. The molecule has 25 heteroatoms. The van der Waals surface area contributed by atoms with E-state index in [1.807, 2.05) is 6.92 Å². The Kier molecular flexibility index (Phi) is 29.3. The first-order valence-corrected chi connectivity index (χ1v) is 23.6. The number of benzene rings is 4. The van der Waals surface area contributed by atoms with Crippen LogP contribution in [0.1, 0.15) is 94.7 Å². The standard InChI is InChI=1S/C21H18ClF6N3.C17H11Cl2F6N.C4H8N2.C4H7N2.C4H9.2Li/c1-12-6-13(2)18(17(22)7-12)30-19(31-5-3-4-29-11-31)14-8-15(20(23,24)25)10-16(9-14)21(26,27)28;1-8-3-9(2)14(13(18)4-8)26-15(19)10-5-11(16(20,21)22)7-12(6-10)17(23,24)25;2*1-2-5-4-6-3-1;1-3-4-2;;/h6-11H,3-5H2,1-2H3;3-7H,1-2H3;4H,1-3H2,(H,5,6);4H,1-3H2;1,3-4H2,2H3;;/q;;;2*-1;2*+1. The maximum atomic E-state index is 13.4. The largest absolute Gasteiger partial charge is 1.00 e. The van der Waals surface area contributed by atoms with E-state index in [1.165, 1.54) is 24.1 Å². The second-order valence-electron chi connectivity index (χ2n) is 16.3. The SMILES string of the molecule is C1=NCCCN1.C1=NCCC[N-]1.Cc1cc(C)c(N=C(Cl)c2cc(C(F)(F)F)cc(C(F)(F)F)c2)c(Cl)c1.Cc1cc(C)c(N=C(c2cc(C(F)(F)F)cc(C(F)(F)F)c2)N2C=NCCC2)c(Cl)c1.[CH2-]CCC.[Li+].[Li+]. The van der Waals surface area contributed by atoms with Crippen LogP contribution in [0.5, 0.6) is 0 Å². The Morgan fingerprint density at radius 1 is 0.627 bits per heavy atom. The van der Waals surface area contributed by atoms with Gasteiger partial charge in [-0.25, -0.2) is 9.98 Å². The van der Waals surface area contributed by atoms with Gasteiger partial charge in [0.05, 0.1) is 56.4 Å². The van der Waals surface area contributed by atoms with E-state index < -0.39 is 57.7 Å². The summed E-state index contributed by atoms with van der Waals surface area (Å²) in [5.41, 5.74) is -3.27. The number of aryl methyl sites for hydroxylation is 4. The van der Waals surface area contributed by atoms with Crippen molar-refractivity contribution in [3.63, 3.8) is 0 Å².